The van der Waals surface area contributed by atoms with Crippen molar-refractivity contribution in [2.45, 2.75) is 38.9 Å². The van der Waals surface area contributed by atoms with Gasteiger partial charge in [0.15, 0.2) is 0 Å². The fourth-order valence-electron chi connectivity index (χ4n) is 2.00. The van der Waals surface area contributed by atoms with E-state index < -0.39 is 12.2 Å². The number of benzene rings is 2. The van der Waals surface area contributed by atoms with Crippen molar-refractivity contribution in [2.75, 3.05) is 13.2 Å². The predicted octanol–water partition coefficient (Wildman–Crippen LogP) is 3.14. The van der Waals surface area contributed by atoms with Gasteiger partial charge in [-0.05, 0) is 47.9 Å². The molecule has 2 rings (SSSR count). The fraction of sp³-hybridized carbons (Fsp3) is 0.444. The molecule has 0 heterocycles. The van der Waals surface area contributed by atoms with Crippen molar-refractivity contribution in [3.05, 3.63) is 36.4 Å². The van der Waals surface area contributed by atoms with Crippen molar-refractivity contribution in [1.82, 2.24) is 0 Å². The second kappa shape index (κ2) is 8.01. The Hall–Kier alpha value is -1.78. The molecule has 2 N–H and O–H groups in total. The molecule has 22 heavy (non-hydrogen) atoms. The summed E-state index contributed by atoms with van der Waals surface area (Å²) < 4.78 is 11.2. The van der Waals surface area contributed by atoms with Gasteiger partial charge in [-0.3, -0.25) is 0 Å². The molecule has 0 aliphatic heterocycles. The second-order valence-corrected chi connectivity index (χ2v) is 5.42. The van der Waals surface area contributed by atoms with Gasteiger partial charge in [-0.2, -0.15) is 0 Å². The molecule has 2 aromatic carbocycles. The Morgan fingerprint density at radius 1 is 0.773 bits per heavy atom. The minimum Gasteiger partial charge on any atom is -0.491 e. The summed E-state index contributed by atoms with van der Waals surface area (Å²) in [5.41, 5.74) is 0. The lowest BCUT2D eigenvalue weighted by Gasteiger charge is -2.12. The number of fused-ring (bicyclic) bond motifs is 1. The van der Waals surface area contributed by atoms with Crippen LogP contribution < -0.4 is 9.47 Å². The van der Waals surface area contributed by atoms with Crippen molar-refractivity contribution in [3.8, 4) is 11.5 Å². The van der Waals surface area contributed by atoms with Crippen LogP contribution >= 0.6 is 0 Å². The van der Waals surface area contributed by atoms with Crippen molar-refractivity contribution < 1.29 is 19.7 Å². The lowest BCUT2D eigenvalue weighted by atomic mass is 10.1. The molecule has 2 atom stereocenters. The molecule has 4 heteroatoms. The molecule has 120 valence electrons. The van der Waals surface area contributed by atoms with Crippen LogP contribution in [0.2, 0.25) is 0 Å². The van der Waals surface area contributed by atoms with Gasteiger partial charge >= 0.3 is 0 Å². The van der Waals surface area contributed by atoms with E-state index in [1.807, 2.05) is 50.2 Å². The van der Waals surface area contributed by atoms with E-state index in [4.69, 9.17) is 9.47 Å². The van der Waals surface area contributed by atoms with Gasteiger partial charge in [-0.1, -0.05) is 26.0 Å². The highest BCUT2D eigenvalue weighted by Gasteiger charge is 2.05. The summed E-state index contributed by atoms with van der Waals surface area (Å²) in [6.07, 6.45) is 0.457. The van der Waals surface area contributed by atoms with Crippen LogP contribution in [0.15, 0.2) is 36.4 Å². The molecule has 0 aromatic heterocycles. The topological polar surface area (TPSA) is 58.9 Å². The average Bonchev–Trinajstić information content (AvgIpc) is 2.56. The lowest BCUT2D eigenvalue weighted by molar-refractivity contribution is 0.104. The SMILES string of the molecule is CCC(O)COc1ccc2ccc(OCC(O)CC)cc2c1. The summed E-state index contributed by atoms with van der Waals surface area (Å²) in [6.45, 7) is 4.42. The van der Waals surface area contributed by atoms with Crippen LogP contribution in [0.1, 0.15) is 26.7 Å². The third-order valence-electron chi connectivity index (χ3n) is 3.61. The molecule has 0 bridgehead atoms. The van der Waals surface area contributed by atoms with Crippen LogP contribution in [0, 0.1) is 0 Å². The first kappa shape index (κ1) is 16.6. The minimum absolute atomic E-state index is 0.293. The Morgan fingerprint density at radius 3 is 1.64 bits per heavy atom. The lowest BCUT2D eigenvalue weighted by Crippen LogP contribution is -2.16. The van der Waals surface area contributed by atoms with Gasteiger partial charge in [0.2, 0.25) is 0 Å². The highest BCUT2D eigenvalue weighted by atomic mass is 16.5. The van der Waals surface area contributed by atoms with Crippen molar-refractivity contribution >= 4 is 10.8 Å². The van der Waals surface area contributed by atoms with Crippen LogP contribution in [0.5, 0.6) is 11.5 Å². The van der Waals surface area contributed by atoms with Crippen molar-refractivity contribution in [2.24, 2.45) is 0 Å². The van der Waals surface area contributed by atoms with Crippen LogP contribution in [0.25, 0.3) is 10.8 Å². The molecule has 4 nitrogen and oxygen atoms in total. The summed E-state index contributed by atoms with van der Waals surface area (Å²) in [5.74, 6) is 1.46. The van der Waals surface area contributed by atoms with E-state index >= 15 is 0 Å². The summed E-state index contributed by atoms with van der Waals surface area (Å²) in [7, 11) is 0. The summed E-state index contributed by atoms with van der Waals surface area (Å²) >= 11 is 0. The molecule has 0 aliphatic rings. The Bertz CT molecular complexity index is 548. The van der Waals surface area contributed by atoms with E-state index in [2.05, 4.69) is 0 Å². The molecular weight excluding hydrogens is 280 g/mol. The van der Waals surface area contributed by atoms with Crippen LogP contribution in [-0.4, -0.2) is 35.6 Å². The molecule has 0 amide bonds. The highest BCUT2D eigenvalue weighted by Crippen LogP contribution is 2.25. The standard InChI is InChI=1S/C18H24O4/c1-3-15(19)11-21-17-7-5-13-6-8-18(10-14(13)9-17)22-12-16(20)4-2/h5-10,15-16,19-20H,3-4,11-12H2,1-2H3. The molecule has 0 spiro atoms. The van der Waals surface area contributed by atoms with E-state index in [0.29, 0.717) is 26.1 Å². The molecular formula is C18H24O4. The quantitative estimate of drug-likeness (QED) is 0.786. The fourth-order valence-corrected chi connectivity index (χ4v) is 2.00. The number of rotatable bonds is 8. The summed E-state index contributed by atoms with van der Waals surface area (Å²) in [5, 5.41) is 21.2. The van der Waals surface area contributed by atoms with Gasteiger partial charge in [0.25, 0.3) is 0 Å². The Balaban J connectivity index is 2.09. The first-order chi connectivity index (χ1) is 10.6. The first-order valence-electron chi connectivity index (χ1n) is 7.78. The molecule has 0 saturated carbocycles. The zero-order valence-corrected chi connectivity index (χ0v) is 13.2. The smallest absolute Gasteiger partial charge is 0.120 e. The predicted molar refractivity (Wildman–Crippen MR) is 87.5 cm³/mol. The molecule has 0 fully saturated rings. The minimum atomic E-state index is -0.444. The van der Waals surface area contributed by atoms with Gasteiger partial charge in [-0.25, -0.2) is 0 Å². The van der Waals surface area contributed by atoms with E-state index in [1.54, 1.807) is 0 Å². The maximum Gasteiger partial charge on any atom is 0.120 e. The molecule has 2 unspecified atom stereocenters. The average molecular weight is 304 g/mol. The number of ether oxygens (including phenoxy) is 2. The largest absolute Gasteiger partial charge is 0.491 e. The zero-order valence-electron chi connectivity index (χ0n) is 13.2. The first-order valence-corrected chi connectivity index (χ1v) is 7.78. The Labute approximate surface area is 131 Å². The van der Waals surface area contributed by atoms with Gasteiger partial charge in [0, 0.05) is 0 Å². The molecule has 2 aromatic rings. The maximum atomic E-state index is 9.55. The number of aliphatic hydroxyl groups is 2. The molecule has 0 radical (unpaired) electrons. The van der Waals surface area contributed by atoms with E-state index in [-0.39, 0.29) is 0 Å². The van der Waals surface area contributed by atoms with Crippen molar-refractivity contribution in [1.29, 1.82) is 0 Å². The normalized spacial score (nSPS) is 13.8. The van der Waals surface area contributed by atoms with E-state index in [0.717, 1.165) is 22.3 Å². The van der Waals surface area contributed by atoms with Crippen LogP contribution in [0.4, 0.5) is 0 Å². The summed E-state index contributed by atoms with van der Waals surface area (Å²) in [6, 6.07) is 11.6. The maximum absolute atomic E-state index is 9.55. The third-order valence-corrected chi connectivity index (χ3v) is 3.61. The highest BCUT2D eigenvalue weighted by molar-refractivity contribution is 5.85. The van der Waals surface area contributed by atoms with Crippen LogP contribution in [0.3, 0.4) is 0 Å². The third kappa shape index (κ3) is 4.61. The van der Waals surface area contributed by atoms with Crippen molar-refractivity contribution in [3.63, 3.8) is 0 Å². The van der Waals surface area contributed by atoms with Gasteiger partial charge in [0.1, 0.15) is 24.7 Å². The van der Waals surface area contributed by atoms with E-state index in [9.17, 15) is 10.2 Å². The Kier molecular flexibility index (Phi) is 6.04. The Morgan fingerprint density at radius 2 is 1.23 bits per heavy atom. The molecule has 0 saturated heterocycles. The molecule has 0 aliphatic carbocycles. The van der Waals surface area contributed by atoms with Gasteiger partial charge < -0.3 is 19.7 Å². The van der Waals surface area contributed by atoms with Gasteiger partial charge in [0.05, 0.1) is 12.2 Å². The second-order valence-electron chi connectivity index (χ2n) is 5.42. The number of hydrogen-bond donors (Lipinski definition) is 2. The van der Waals surface area contributed by atoms with E-state index in [1.165, 1.54) is 0 Å². The number of aliphatic hydroxyl groups excluding tert-OH is 2. The van der Waals surface area contributed by atoms with Crippen LogP contribution in [-0.2, 0) is 0 Å². The summed E-state index contributed by atoms with van der Waals surface area (Å²) in [4.78, 5) is 0. The monoisotopic (exact) mass is 304 g/mol. The van der Waals surface area contributed by atoms with Gasteiger partial charge in [-0.15, -0.1) is 0 Å². The number of hydrogen-bond acceptors (Lipinski definition) is 4. The zero-order chi connectivity index (χ0) is 15.9.